The van der Waals surface area contributed by atoms with Crippen LogP contribution in [-0.2, 0) is 24.2 Å². The molecule has 3 fully saturated rings. The molecule has 0 bridgehead atoms. The van der Waals surface area contributed by atoms with Crippen LogP contribution < -0.4 is 16.0 Å². The van der Waals surface area contributed by atoms with Crippen LogP contribution in [-0.4, -0.2) is 101 Å². The smallest absolute Gasteiger partial charge is 0.249 e. The topological polar surface area (TPSA) is 165 Å². The van der Waals surface area contributed by atoms with Crippen molar-refractivity contribution in [2.45, 2.75) is 126 Å². The molecule has 3 unspecified atom stereocenters. The van der Waals surface area contributed by atoms with Crippen molar-refractivity contribution < 1.29 is 33.0 Å². The summed E-state index contributed by atoms with van der Waals surface area (Å²) in [4.78, 5) is 42.4. The van der Waals surface area contributed by atoms with Gasteiger partial charge in [-0.15, -0.1) is 0 Å². The van der Waals surface area contributed by atoms with Crippen LogP contribution in [0, 0.1) is 11.8 Å². The summed E-state index contributed by atoms with van der Waals surface area (Å²) in [6, 6.07) is 7.51. The van der Waals surface area contributed by atoms with Gasteiger partial charge in [-0.25, -0.2) is 8.42 Å². The summed E-state index contributed by atoms with van der Waals surface area (Å²) in [6.45, 7) is 10.6. The van der Waals surface area contributed by atoms with Crippen LogP contribution in [0.5, 0.6) is 0 Å². The fraction of sp³-hybridized carbons (Fsp3) is 0.735. The van der Waals surface area contributed by atoms with Crippen LogP contribution in [0.4, 0.5) is 0 Å². The quantitative estimate of drug-likeness (QED) is 0.240. The second kappa shape index (κ2) is 13.5. The van der Waals surface area contributed by atoms with E-state index in [0.717, 1.165) is 37.5 Å². The maximum atomic E-state index is 14.1. The third kappa shape index (κ3) is 7.94. The number of amides is 3. The highest BCUT2D eigenvalue weighted by Crippen LogP contribution is 2.54. The summed E-state index contributed by atoms with van der Waals surface area (Å²) >= 11 is 0. The molecule has 0 radical (unpaired) electrons. The van der Waals surface area contributed by atoms with Crippen LogP contribution in [0.2, 0.25) is 0 Å². The summed E-state index contributed by atoms with van der Waals surface area (Å²) < 4.78 is 23.9. The van der Waals surface area contributed by atoms with Crippen molar-refractivity contribution in [1.82, 2.24) is 20.9 Å². The average Bonchev–Trinajstić information content (AvgIpc) is 3.69. The number of β-amino-alcohol motifs (C(OH)–C–C–N with tert-alkyl or cyclic N) is 1. The van der Waals surface area contributed by atoms with Gasteiger partial charge in [0.2, 0.25) is 17.7 Å². The lowest BCUT2D eigenvalue weighted by molar-refractivity contribution is -0.135. The highest BCUT2D eigenvalue weighted by molar-refractivity contribution is 7.92. The number of nitrogens with one attached hydrogen (secondary N) is 3. The minimum atomic E-state index is -3.88. The third-order valence-electron chi connectivity index (χ3n) is 10.4. The molecule has 3 aliphatic rings. The number of rotatable bonds is 11. The van der Waals surface area contributed by atoms with E-state index in [1.54, 1.807) is 0 Å². The number of benzene rings is 1. The zero-order valence-electron chi connectivity index (χ0n) is 28.4. The monoisotopic (exact) mass is 662 g/mol. The second-order valence-corrected chi connectivity index (χ2v) is 18.1. The zero-order valence-corrected chi connectivity index (χ0v) is 29.2. The lowest BCUT2D eigenvalue weighted by Crippen LogP contribution is -2.65. The summed E-state index contributed by atoms with van der Waals surface area (Å²) in [6.07, 6.45) is 3.97. The maximum Gasteiger partial charge on any atom is 0.249 e. The Kier molecular flexibility index (Phi) is 10.7. The molecule has 2 saturated carbocycles. The van der Waals surface area contributed by atoms with Gasteiger partial charge in [-0.05, 0) is 78.2 Å². The molecule has 3 amide bonds. The van der Waals surface area contributed by atoms with Crippen molar-refractivity contribution in [2.75, 3.05) is 19.3 Å². The number of fused-ring (bicyclic) bond motifs is 1. The number of hydrogen-bond donors (Lipinski definition) is 5. The van der Waals surface area contributed by atoms with Crippen molar-refractivity contribution in [2.24, 2.45) is 11.8 Å². The largest absolute Gasteiger partial charge is 0.389 e. The van der Waals surface area contributed by atoms with Crippen LogP contribution in [0.3, 0.4) is 0 Å². The van der Waals surface area contributed by atoms with Gasteiger partial charge in [0, 0.05) is 30.8 Å². The zero-order chi connectivity index (χ0) is 34.2. The van der Waals surface area contributed by atoms with Gasteiger partial charge in [0.25, 0.3) is 0 Å². The van der Waals surface area contributed by atoms with Gasteiger partial charge in [0.1, 0.15) is 12.1 Å². The van der Waals surface area contributed by atoms with E-state index >= 15 is 0 Å². The summed E-state index contributed by atoms with van der Waals surface area (Å²) in [7, 11) is -3.88. The van der Waals surface area contributed by atoms with Crippen molar-refractivity contribution >= 4 is 27.6 Å². The molecule has 11 nitrogen and oxygen atoms in total. The van der Waals surface area contributed by atoms with E-state index in [9.17, 15) is 33.0 Å². The van der Waals surface area contributed by atoms with Crippen LogP contribution in [0.1, 0.15) is 91.5 Å². The number of aliphatic hydroxyl groups is 2. The first-order valence-electron chi connectivity index (χ1n) is 16.6. The molecule has 12 heteroatoms. The highest BCUT2D eigenvalue weighted by atomic mass is 32.2. The molecule has 0 aromatic heterocycles. The Labute approximate surface area is 274 Å². The molecule has 1 heterocycles. The molecule has 1 aromatic carbocycles. The van der Waals surface area contributed by atoms with Gasteiger partial charge in [-0.2, -0.15) is 0 Å². The lowest BCUT2D eigenvalue weighted by Gasteiger charge is -2.47. The molecule has 258 valence electrons. The Hall–Kier alpha value is -2.54. The highest BCUT2D eigenvalue weighted by Gasteiger charge is 2.62. The fourth-order valence-electron chi connectivity index (χ4n) is 7.31. The van der Waals surface area contributed by atoms with Gasteiger partial charge in [-0.1, -0.05) is 49.6 Å². The molecule has 1 saturated heterocycles. The van der Waals surface area contributed by atoms with Gasteiger partial charge >= 0.3 is 0 Å². The maximum absolute atomic E-state index is 14.1. The van der Waals surface area contributed by atoms with E-state index in [4.69, 9.17) is 0 Å². The fourth-order valence-corrected chi connectivity index (χ4v) is 7.91. The van der Waals surface area contributed by atoms with Crippen molar-refractivity contribution in [3.8, 4) is 0 Å². The van der Waals surface area contributed by atoms with Crippen molar-refractivity contribution in [3.05, 3.63) is 35.9 Å². The molecular formula is C34H54N4O7S. The predicted octanol–water partition coefficient (Wildman–Crippen LogP) is 1.87. The lowest BCUT2D eigenvalue weighted by atomic mass is 9.72. The molecule has 2 aliphatic carbocycles. The van der Waals surface area contributed by atoms with E-state index in [2.05, 4.69) is 20.9 Å². The SMILES string of the molecule is C[C@H](O)C(=O)N[C@H](C(=O)NC1([C@H](O)CN2CC3CCCC[C@H]3C[C@H]2C(=O)NC(C)(C)C)CC1c1ccccc1)C(C)(C)S(C)(=O)=O. The molecule has 5 N–H and O–H groups in total. The average molecular weight is 663 g/mol. The second-order valence-electron chi connectivity index (χ2n) is 15.5. The van der Waals surface area contributed by atoms with E-state index < -0.39 is 61.8 Å². The number of hydrogen-bond acceptors (Lipinski definition) is 8. The number of sulfone groups is 1. The minimum absolute atomic E-state index is 0.0759. The Bertz CT molecular complexity index is 1380. The van der Waals surface area contributed by atoms with E-state index in [0.29, 0.717) is 31.2 Å². The first-order chi connectivity index (χ1) is 21.3. The van der Waals surface area contributed by atoms with Gasteiger partial charge in [-0.3, -0.25) is 19.3 Å². The molecule has 4 rings (SSSR count). The number of carbonyl (C=O) groups excluding carboxylic acids is 3. The standard InChI is InChI=1S/C34H54N4O7S/c1-21(39)29(41)35-28(33(5,6)46(7,44)45)31(43)37-34(18-25(34)22-13-9-8-10-14-22)27(40)20-38-19-24-16-12-11-15-23(24)17-26(38)30(42)36-32(2,3)4/h8-10,13-14,21,23-28,39-40H,11-12,15-20H2,1-7H3,(H,35,41)(H,36,42)(H,37,43)/t21-,23-,24?,25?,26-,27+,28+,34?/m0/s1. The molecule has 8 atom stereocenters. The van der Waals surface area contributed by atoms with Crippen LogP contribution >= 0.6 is 0 Å². The molecule has 46 heavy (non-hydrogen) atoms. The number of nitrogens with zero attached hydrogens (tertiary/aromatic N) is 1. The number of aliphatic hydroxyl groups excluding tert-OH is 2. The molecule has 1 aromatic rings. The first-order valence-corrected chi connectivity index (χ1v) is 18.4. The Morgan fingerprint density at radius 1 is 1.00 bits per heavy atom. The number of piperidine rings is 1. The molecule has 1 aliphatic heterocycles. The van der Waals surface area contributed by atoms with Crippen molar-refractivity contribution in [1.29, 1.82) is 0 Å². The summed E-state index contributed by atoms with van der Waals surface area (Å²) in [5.74, 6) is -1.14. The van der Waals surface area contributed by atoms with Crippen LogP contribution in [0.15, 0.2) is 30.3 Å². The Morgan fingerprint density at radius 2 is 1.61 bits per heavy atom. The number of likely N-dealkylation sites (tertiary alicyclic amines) is 1. The third-order valence-corrected chi connectivity index (χ3v) is 12.6. The van der Waals surface area contributed by atoms with Crippen LogP contribution in [0.25, 0.3) is 0 Å². The van der Waals surface area contributed by atoms with E-state index in [-0.39, 0.29) is 18.4 Å². The van der Waals surface area contributed by atoms with Gasteiger partial charge in [0.15, 0.2) is 9.84 Å². The number of carbonyl (C=O) groups is 3. The van der Waals surface area contributed by atoms with E-state index in [1.165, 1.54) is 20.8 Å². The van der Waals surface area contributed by atoms with Gasteiger partial charge in [0.05, 0.1) is 22.4 Å². The molecular weight excluding hydrogens is 608 g/mol. The summed E-state index contributed by atoms with van der Waals surface area (Å²) in [5, 5.41) is 30.5. The molecule has 0 spiro atoms. The normalized spacial score (nSPS) is 29.1. The first kappa shape index (κ1) is 36.3. The predicted molar refractivity (Wildman–Crippen MR) is 177 cm³/mol. The summed E-state index contributed by atoms with van der Waals surface area (Å²) in [5.41, 5.74) is -0.692. The minimum Gasteiger partial charge on any atom is -0.389 e. The Morgan fingerprint density at radius 3 is 2.17 bits per heavy atom. The Balaban J connectivity index is 1.66. The van der Waals surface area contributed by atoms with Crippen molar-refractivity contribution in [3.63, 3.8) is 0 Å². The van der Waals surface area contributed by atoms with Gasteiger partial charge < -0.3 is 26.2 Å². The van der Waals surface area contributed by atoms with E-state index in [1.807, 2.05) is 51.1 Å².